The quantitative estimate of drug-likeness (QED) is 0.763. The first kappa shape index (κ1) is 20.2. The third kappa shape index (κ3) is 4.54. The van der Waals surface area contributed by atoms with Crippen LogP contribution < -0.4 is 10.6 Å². The maximum absolute atomic E-state index is 13.0. The van der Waals surface area contributed by atoms with Gasteiger partial charge in [-0.2, -0.15) is 0 Å². The van der Waals surface area contributed by atoms with E-state index in [0.29, 0.717) is 42.3 Å². The third-order valence-corrected chi connectivity index (χ3v) is 5.34. The fourth-order valence-corrected chi connectivity index (χ4v) is 3.83. The van der Waals surface area contributed by atoms with E-state index < -0.39 is 5.60 Å². The minimum Gasteiger partial charge on any atom is -0.386 e. The molecular formula is C21H20ClFN4O3. The molecule has 1 spiro atoms. The van der Waals surface area contributed by atoms with Gasteiger partial charge in [0.1, 0.15) is 11.5 Å². The van der Waals surface area contributed by atoms with Gasteiger partial charge < -0.3 is 20.4 Å². The molecule has 0 aromatic heterocycles. The van der Waals surface area contributed by atoms with Gasteiger partial charge in [-0.1, -0.05) is 22.8 Å². The van der Waals surface area contributed by atoms with Gasteiger partial charge in [0.15, 0.2) is 5.60 Å². The van der Waals surface area contributed by atoms with Crippen molar-refractivity contribution in [1.29, 1.82) is 0 Å². The summed E-state index contributed by atoms with van der Waals surface area (Å²) in [5, 5.41) is 10.0. The summed E-state index contributed by atoms with van der Waals surface area (Å²) in [6.07, 6.45) is 1.71. The summed E-state index contributed by atoms with van der Waals surface area (Å²) in [5.74, 6) is -0.730. The van der Waals surface area contributed by atoms with Crippen LogP contribution in [0.1, 0.15) is 19.3 Å². The molecule has 1 atom stereocenters. The smallest absolute Gasteiger partial charge is 0.321 e. The number of oxime groups is 1. The molecule has 30 heavy (non-hydrogen) atoms. The maximum Gasteiger partial charge on any atom is 0.321 e. The van der Waals surface area contributed by atoms with Crippen LogP contribution in [0.5, 0.6) is 0 Å². The first-order valence-electron chi connectivity index (χ1n) is 9.56. The minimum atomic E-state index is -0.723. The number of benzene rings is 2. The number of likely N-dealkylation sites (tertiary alicyclic amines) is 1. The van der Waals surface area contributed by atoms with Gasteiger partial charge in [-0.05, 0) is 55.3 Å². The van der Waals surface area contributed by atoms with Crippen LogP contribution in [0.4, 0.5) is 20.6 Å². The number of anilines is 2. The number of nitrogens with one attached hydrogen (secondary N) is 2. The van der Waals surface area contributed by atoms with E-state index in [0.717, 1.165) is 6.42 Å². The van der Waals surface area contributed by atoms with Crippen LogP contribution >= 0.6 is 11.6 Å². The monoisotopic (exact) mass is 430 g/mol. The Morgan fingerprint density at radius 1 is 1.13 bits per heavy atom. The standard InChI is InChI=1S/C21H20ClFN4O3/c22-14-3-1-4-17(11-14)24-19(28)18-12-21(30-26-18)9-2-10-27(13-21)20(29)25-16-7-5-15(23)6-8-16/h1,3-8,11H,2,9-10,12-13H2,(H,24,28)(H,25,29)/t21-/m0/s1. The van der Waals surface area contributed by atoms with Gasteiger partial charge in [-0.25, -0.2) is 9.18 Å². The molecule has 0 aliphatic carbocycles. The summed E-state index contributed by atoms with van der Waals surface area (Å²) in [6.45, 7) is 0.861. The largest absolute Gasteiger partial charge is 0.386 e. The first-order valence-corrected chi connectivity index (χ1v) is 9.94. The number of halogens is 2. The van der Waals surface area contributed by atoms with Crippen LogP contribution in [0.25, 0.3) is 0 Å². The van der Waals surface area contributed by atoms with Crippen molar-refractivity contribution in [3.05, 3.63) is 59.4 Å². The molecule has 9 heteroatoms. The molecule has 1 fully saturated rings. The summed E-state index contributed by atoms with van der Waals surface area (Å²) >= 11 is 5.95. The Morgan fingerprint density at radius 2 is 1.93 bits per heavy atom. The second-order valence-corrected chi connectivity index (χ2v) is 7.85. The van der Waals surface area contributed by atoms with Gasteiger partial charge in [-0.3, -0.25) is 4.79 Å². The molecule has 2 N–H and O–H groups in total. The Labute approximate surface area is 177 Å². The molecule has 1 saturated heterocycles. The van der Waals surface area contributed by atoms with E-state index >= 15 is 0 Å². The van der Waals surface area contributed by atoms with Gasteiger partial charge in [0.05, 0.1) is 6.54 Å². The molecule has 2 heterocycles. The lowest BCUT2D eigenvalue weighted by Gasteiger charge is -2.38. The van der Waals surface area contributed by atoms with Gasteiger partial charge >= 0.3 is 6.03 Å². The molecule has 4 rings (SSSR count). The molecule has 7 nitrogen and oxygen atoms in total. The van der Waals surface area contributed by atoms with Crippen LogP contribution in [0.15, 0.2) is 53.7 Å². The highest BCUT2D eigenvalue weighted by Gasteiger charge is 2.45. The van der Waals surface area contributed by atoms with Crippen LogP contribution in [0.3, 0.4) is 0 Å². The second kappa shape index (κ2) is 8.31. The van der Waals surface area contributed by atoms with E-state index in [4.69, 9.17) is 16.4 Å². The number of carbonyl (C=O) groups is 2. The number of urea groups is 1. The number of hydrogen-bond donors (Lipinski definition) is 2. The molecule has 0 unspecified atom stereocenters. The Balaban J connectivity index is 1.36. The van der Waals surface area contributed by atoms with Crippen molar-refractivity contribution in [2.24, 2.45) is 5.16 Å². The lowest BCUT2D eigenvalue weighted by molar-refractivity contribution is -0.110. The van der Waals surface area contributed by atoms with E-state index in [-0.39, 0.29) is 23.5 Å². The molecule has 2 aliphatic rings. The number of hydrogen-bond acceptors (Lipinski definition) is 4. The molecule has 2 aromatic rings. The van der Waals surface area contributed by atoms with Crippen molar-refractivity contribution in [3.63, 3.8) is 0 Å². The minimum absolute atomic E-state index is 0.274. The van der Waals surface area contributed by atoms with Gasteiger partial charge in [0.25, 0.3) is 5.91 Å². The Bertz CT molecular complexity index is 998. The van der Waals surface area contributed by atoms with E-state index in [1.165, 1.54) is 24.3 Å². The molecule has 3 amide bonds. The SMILES string of the molecule is O=C(Nc1cccc(Cl)c1)C1=NO[C@@]2(CCCN(C(=O)Nc3ccc(F)cc3)C2)C1. The number of amides is 3. The van der Waals surface area contributed by atoms with Crippen LogP contribution in [-0.4, -0.2) is 41.2 Å². The first-order chi connectivity index (χ1) is 14.4. The average molecular weight is 431 g/mol. The summed E-state index contributed by atoms with van der Waals surface area (Å²) < 4.78 is 13.0. The van der Waals surface area contributed by atoms with Crippen LogP contribution in [0.2, 0.25) is 5.02 Å². The van der Waals surface area contributed by atoms with Gasteiger partial charge in [0.2, 0.25) is 0 Å². The average Bonchev–Trinajstić information content (AvgIpc) is 3.13. The highest BCUT2D eigenvalue weighted by atomic mass is 35.5. The Kier molecular flexibility index (Phi) is 5.59. The van der Waals surface area contributed by atoms with Crippen molar-refractivity contribution in [2.75, 3.05) is 23.7 Å². The fourth-order valence-electron chi connectivity index (χ4n) is 3.64. The van der Waals surface area contributed by atoms with Crippen LogP contribution in [-0.2, 0) is 9.63 Å². The lowest BCUT2D eigenvalue weighted by Crippen LogP contribution is -2.52. The molecule has 0 bridgehead atoms. The number of rotatable bonds is 3. The predicted molar refractivity (Wildman–Crippen MR) is 112 cm³/mol. The van der Waals surface area contributed by atoms with Crippen molar-refractivity contribution in [1.82, 2.24) is 4.90 Å². The number of carbonyl (C=O) groups excluding carboxylic acids is 2. The van der Waals surface area contributed by atoms with E-state index in [9.17, 15) is 14.0 Å². The third-order valence-electron chi connectivity index (χ3n) is 5.11. The predicted octanol–water partition coefficient (Wildman–Crippen LogP) is 4.26. The number of nitrogens with zero attached hydrogens (tertiary/aromatic N) is 2. The summed E-state index contributed by atoms with van der Waals surface area (Å²) in [5.41, 5.74) is 0.626. The zero-order valence-corrected chi connectivity index (χ0v) is 16.8. The van der Waals surface area contributed by atoms with Gasteiger partial charge in [0, 0.05) is 29.4 Å². The van der Waals surface area contributed by atoms with Crippen molar-refractivity contribution < 1.29 is 18.8 Å². The molecule has 0 radical (unpaired) electrons. The molecule has 156 valence electrons. The summed E-state index contributed by atoms with van der Waals surface area (Å²) in [6, 6.07) is 12.1. The molecule has 2 aliphatic heterocycles. The zero-order valence-electron chi connectivity index (χ0n) is 16.0. The molecule has 2 aromatic carbocycles. The highest BCUT2D eigenvalue weighted by Crippen LogP contribution is 2.34. The molecular weight excluding hydrogens is 411 g/mol. The number of piperidine rings is 1. The fraction of sp³-hybridized carbons (Fsp3) is 0.286. The van der Waals surface area contributed by atoms with Crippen LogP contribution in [0, 0.1) is 5.82 Å². The van der Waals surface area contributed by atoms with E-state index in [2.05, 4.69) is 15.8 Å². The van der Waals surface area contributed by atoms with Gasteiger partial charge in [-0.15, -0.1) is 0 Å². The Hall–Kier alpha value is -3.13. The summed E-state index contributed by atoms with van der Waals surface area (Å²) in [4.78, 5) is 32.4. The Morgan fingerprint density at radius 3 is 2.70 bits per heavy atom. The highest BCUT2D eigenvalue weighted by molar-refractivity contribution is 6.43. The van der Waals surface area contributed by atoms with Crippen molar-refractivity contribution in [2.45, 2.75) is 24.9 Å². The molecule has 0 saturated carbocycles. The lowest BCUT2D eigenvalue weighted by atomic mass is 9.88. The van der Waals surface area contributed by atoms with E-state index in [1.54, 1.807) is 29.2 Å². The summed E-state index contributed by atoms with van der Waals surface area (Å²) in [7, 11) is 0. The zero-order chi connectivity index (χ0) is 21.1. The van der Waals surface area contributed by atoms with E-state index in [1.807, 2.05) is 0 Å². The topological polar surface area (TPSA) is 83.0 Å². The maximum atomic E-state index is 13.0. The van der Waals surface area contributed by atoms with Crippen molar-refractivity contribution in [3.8, 4) is 0 Å². The second-order valence-electron chi connectivity index (χ2n) is 7.42. The normalized spacial score (nSPS) is 20.5. The van der Waals surface area contributed by atoms with Crippen molar-refractivity contribution >= 4 is 40.6 Å².